The van der Waals surface area contributed by atoms with Gasteiger partial charge in [-0.25, -0.2) is 4.79 Å². The number of methoxy groups -OCH3 is 1. The van der Waals surface area contributed by atoms with E-state index in [9.17, 15) is 9.59 Å². The maximum absolute atomic E-state index is 11.9. The van der Waals surface area contributed by atoms with E-state index in [2.05, 4.69) is 26.0 Å². The van der Waals surface area contributed by atoms with E-state index in [1.165, 1.54) is 7.11 Å². The molecule has 0 spiro atoms. The predicted octanol–water partition coefficient (Wildman–Crippen LogP) is 1.56. The molecule has 0 saturated heterocycles. The van der Waals surface area contributed by atoms with Gasteiger partial charge in [0.25, 0.3) is 5.91 Å². The van der Waals surface area contributed by atoms with Crippen LogP contribution in [0.5, 0.6) is 0 Å². The van der Waals surface area contributed by atoms with Crippen LogP contribution in [0.15, 0.2) is 16.7 Å². The van der Waals surface area contributed by atoms with Gasteiger partial charge in [0.05, 0.1) is 7.11 Å². The van der Waals surface area contributed by atoms with Crippen LogP contribution in [0.3, 0.4) is 0 Å². The molecule has 0 saturated carbocycles. The summed E-state index contributed by atoms with van der Waals surface area (Å²) >= 11 is 3.31. The van der Waals surface area contributed by atoms with Gasteiger partial charge in [-0.05, 0) is 35.8 Å². The molecule has 1 heterocycles. The number of hydrogen-bond donors (Lipinski definition) is 1. The van der Waals surface area contributed by atoms with Crippen molar-refractivity contribution in [2.24, 2.45) is 0 Å². The van der Waals surface area contributed by atoms with Gasteiger partial charge in [-0.1, -0.05) is 0 Å². The maximum atomic E-state index is 11.9. The molecule has 1 N–H and O–H groups in total. The number of ether oxygens (including phenoxy) is 1. The average molecular weight is 303 g/mol. The quantitative estimate of drug-likeness (QED) is 0.859. The Morgan fingerprint density at radius 1 is 1.59 bits per heavy atom. The summed E-state index contributed by atoms with van der Waals surface area (Å²) in [6.45, 7) is 4.20. The van der Waals surface area contributed by atoms with E-state index in [1.54, 1.807) is 17.6 Å². The number of hydrogen-bond acceptors (Lipinski definition) is 3. The van der Waals surface area contributed by atoms with Crippen LogP contribution < -0.4 is 5.32 Å². The van der Waals surface area contributed by atoms with Gasteiger partial charge < -0.3 is 14.6 Å². The molecule has 1 rings (SSSR count). The molecule has 0 aliphatic carbocycles. The highest BCUT2D eigenvalue weighted by Gasteiger charge is 2.19. The SMILES string of the molecule is CCn1cc(Br)cc1C(=O)NC(C)C(=O)OC. The van der Waals surface area contributed by atoms with Crippen molar-refractivity contribution in [3.63, 3.8) is 0 Å². The fourth-order valence-corrected chi connectivity index (χ4v) is 1.90. The molecule has 17 heavy (non-hydrogen) atoms. The van der Waals surface area contributed by atoms with E-state index in [0.29, 0.717) is 12.2 Å². The molecule has 6 heteroatoms. The van der Waals surface area contributed by atoms with Crippen molar-refractivity contribution in [2.45, 2.75) is 26.4 Å². The van der Waals surface area contributed by atoms with E-state index in [4.69, 9.17) is 0 Å². The van der Waals surface area contributed by atoms with Gasteiger partial charge in [-0.2, -0.15) is 0 Å². The largest absolute Gasteiger partial charge is 0.467 e. The van der Waals surface area contributed by atoms with E-state index in [0.717, 1.165) is 4.47 Å². The summed E-state index contributed by atoms with van der Waals surface area (Å²) in [5.74, 6) is -0.762. The minimum absolute atomic E-state index is 0.296. The van der Waals surface area contributed by atoms with E-state index in [1.807, 2.05) is 13.1 Å². The summed E-state index contributed by atoms with van der Waals surface area (Å²) in [6.07, 6.45) is 1.82. The average Bonchev–Trinajstić information content (AvgIpc) is 2.69. The zero-order valence-corrected chi connectivity index (χ0v) is 11.6. The first-order valence-electron chi connectivity index (χ1n) is 5.24. The summed E-state index contributed by atoms with van der Waals surface area (Å²) in [6, 6.07) is 1.05. The van der Waals surface area contributed by atoms with Crippen molar-refractivity contribution < 1.29 is 14.3 Å². The second kappa shape index (κ2) is 5.86. The lowest BCUT2D eigenvalue weighted by atomic mass is 10.3. The van der Waals surface area contributed by atoms with Crippen LogP contribution >= 0.6 is 15.9 Å². The Kier molecular flexibility index (Phi) is 4.74. The molecule has 1 aromatic rings. The first kappa shape index (κ1) is 13.8. The number of nitrogens with zero attached hydrogens (tertiary/aromatic N) is 1. The minimum Gasteiger partial charge on any atom is -0.467 e. The summed E-state index contributed by atoms with van der Waals surface area (Å²) in [5, 5.41) is 2.58. The van der Waals surface area contributed by atoms with Crippen LogP contribution in [0.2, 0.25) is 0 Å². The fourth-order valence-electron chi connectivity index (χ4n) is 1.43. The Balaban J connectivity index is 2.79. The molecule has 94 valence electrons. The number of carbonyl (C=O) groups excluding carboxylic acids is 2. The molecule has 1 amide bonds. The molecule has 0 aromatic carbocycles. The van der Waals surface area contributed by atoms with Crippen molar-refractivity contribution in [1.82, 2.24) is 9.88 Å². The number of rotatable bonds is 4. The second-order valence-corrected chi connectivity index (χ2v) is 4.46. The third kappa shape index (κ3) is 3.33. The minimum atomic E-state index is -0.661. The Hall–Kier alpha value is -1.30. The number of halogens is 1. The molecule has 1 atom stereocenters. The topological polar surface area (TPSA) is 60.3 Å². The van der Waals surface area contributed by atoms with Crippen LogP contribution in [-0.4, -0.2) is 29.6 Å². The van der Waals surface area contributed by atoms with Crippen LogP contribution in [0.4, 0.5) is 0 Å². The number of aryl methyl sites for hydroxylation is 1. The lowest BCUT2D eigenvalue weighted by Crippen LogP contribution is -2.39. The summed E-state index contributed by atoms with van der Waals surface area (Å²) in [7, 11) is 1.29. The van der Waals surface area contributed by atoms with E-state index < -0.39 is 12.0 Å². The van der Waals surface area contributed by atoms with Gasteiger partial charge in [-0.3, -0.25) is 4.79 Å². The van der Waals surface area contributed by atoms with Crippen molar-refractivity contribution >= 4 is 27.8 Å². The zero-order valence-electron chi connectivity index (χ0n) is 9.99. The molecule has 0 aliphatic heterocycles. The molecule has 1 unspecified atom stereocenters. The highest BCUT2D eigenvalue weighted by molar-refractivity contribution is 9.10. The number of nitrogens with one attached hydrogen (secondary N) is 1. The van der Waals surface area contributed by atoms with Crippen LogP contribution in [0, 0.1) is 0 Å². The van der Waals surface area contributed by atoms with Crippen molar-refractivity contribution in [2.75, 3.05) is 7.11 Å². The second-order valence-electron chi connectivity index (χ2n) is 3.55. The highest BCUT2D eigenvalue weighted by atomic mass is 79.9. The maximum Gasteiger partial charge on any atom is 0.328 e. The third-order valence-corrected chi connectivity index (χ3v) is 2.77. The van der Waals surface area contributed by atoms with E-state index >= 15 is 0 Å². The standard InChI is InChI=1S/C11H15BrN2O3/c1-4-14-6-8(12)5-9(14)10(15)13-7(2)11(16)17-3/h5-7H,4H2,1-3H3,(H,13,15). The monoisotopic (exact) mass is 302 g/mol. The Morgan fingerprint density at radius 3 is 2.76 bits per heavy atom. The van der Waals surface area contributed by atoms with Crippen molar-refractivity contribution in [1.29, 1.82) is 0 Å². The molecule has 5 nitrogen and oxygen atoms in total. The van der Waals surface area contributed by atoms with Crippen LogP contribution in [0.25, 0.3) is 0 Å². The molecular formula is C11H15BrN2O3. The van der Waals surface area contributed by atoms with Gasteiger partial charge in [0, 0.05) is 17.2 Å². The lowest BCUT2D eigenvalue weighted by molar-refractivity contribution is -0.142. The normalized spacial score (nSPS) is 12.0. The van der Waals surface area contributed by atoms with Gasteiger partial charge >= 0.3 is 5.97 Å². The molecular weight excluding hydrogens is 288 g/mol. The number of carbonyl (C=O) groups is 2. The molecule has 0 bridgehead atoms. The third-order valence-electron chi connectivity index (χ3n) is 2.34. The Bertz CT molecular complexity index is 428. The molecule has 1 aromatic heterocycles. The fraction of sp³-hybridized carbons (Fsp3) is 0.455. The lowest BCUT2D eigenvalue weighted by Gasteiger charge is -2.12. The summed E-state index contributed by atoms with van der Waals surface area (Å²) in [5.41, 5.74) is 0.509. The van der Waals surface area contributed by atoms with Crippen LogP contribution in [-0.2, 0) is 16.1 Å². The number of amides is 1. The Labute approximate surface area is 108 Å². The van der Waals surface area contributed by atoms with Gasteiger partial charge in [0.15, 0.2) is 0 Å². The number of aromatic nitrogens is 1. The first-order chi connectivity index (χ1) is 7.99. The molecule has 0 fully saturated rings. The number of esters is 1. The smallest absolute Gasteiger partial charge is 0.328 e. The molecule has 0 aliphatic rings. The van der Waals surface area contributed by atoms with Crippen LogP contribution in [0.1, 0.15) is 24.3 Å². The van der Waals surface area contributed by atoms with Crippen molar-refractivity contribution in [3.05, 3.63) is 22.4 Å². The first-order valence-corrected chi connectivity index (χ1v) is 6.03. The summed E-state index contributed by atoms with van der Waals surface area (Å²) in [4.78, 5) is 23.1. The van der Waals surface area contributed by atoms with Crippen molar-refractivity contribution in [3.8, 4) is 0 Å². The highest BCUT2D eigenvalue weighted by Crippen LogP contribution is 2.15. The predicted molar refractivity (Wildman–Crippen MR) is 66.8 cm³/mol. The van der Waals surface area contributed by atoms with Gasteiger partial charge in [0.2, 0.25) is 0 Å². The molecule has 0 radical (unpaired) electrons. The van der Waals surface area contributed by atoms with Gasteiger partial charge in [-0.15, -0.1) is 0 Å². The zero-order chi connectivity index (χ0) is 13.0. The Morgan fingerprint density at radius 2 is 2.24 bits per heavy atom. The summed E-state index contributed by atoms with van der Waals surface area (Å²) < 4.78 is 7.16. The van der Waals surface area contributed by atoms with E-state index in [-0.39, 0.29) is 5.91 Å². The van der Waals surface area contributed by atoms with Gasteiger partial charge in [0.1, 0.15) is 11.7 Å².